The normalized spacial score (nSPS) is 16.1. The molecule has 0 unspecified atom stereocenters. The van der Waals surface area contributed by atoms with Gasteiger partial charge in [-0.05, 0) is 19.4 Å². The van der Waals surface area contributed by atoms with Crippen molar-refractivity contribution in [2.75, 3.05) is 71.0 Å². The van der Waals surface area contributed by atoms with E-state index in [1.54, 1.807) is 19.5 Å². The summed E-state index contributed by atoms with van der Waals surface area (Å²) in [5.41, 5.74) is 0. The number of rotatable bonds is 9. The Bertz CT molecular complexity index is 489. The SMILES string of the molecule is CCNC(=NCCCOC)NCCN1CCN(c2ncccn2)CC1. The first-order chi connectivity index (χ1) is 12.3. The molecule has 140 valence electrons. The van der Waals surface area contributed by atoms with Gasteiger partial charge in [0.2, 0.25) is 5.95 Å². The van der Waals surface area contributed by atoms with Crippen LogP contribution >= 0.6 is 0 Å². The predicted molar refractivity (Wildman–Crippen MR) is 101 cm³/mol. The first kappa shape index (κ1) is 19.4. The molecule has 8 nitrogen and oxygen atoms in total. The van der Waals surface area contributed by atoms with Crippen LogP contribution in [0.15, 0.2) is 23.5 Å². The fourth-order valence-corrected chi connectivity index (χ4v) is 2.70. The summed E-state index contributed by atoms with van der Waals surface area (Å²) in [5.74, 6) is 1.72. The first-order valence-corrected chi connectivity index (χ1v) is 9.09. The third kappa shape index (κ3) is 7.23. The van der Waals surface area contributed by atoms with Crippen LogP contribution in [0.3, 0.4) is 0 Å². The fourth-order valence-electron chi connectivity index (χ4n) is 2.70. The van der Waals surface area contributed by atoms with Gasteiger partial charge in [0.15, 0.2) is 5.96 Å². The van der Waals surface area contributed by atoms with Gasteiger partial charge in [0.05, 0.1) is 0 Å². The molecule has 0 aromatic carbocycles. The summed E-state index contributed by atoms with van der Waals surface area (Å²) in [5, 5.41) is 6.69. The number of anilines is 1. The molecular weight excluding hydrogens is 318 g/mol. The van der Waals surface area contributed by atoms with Gasteiger partial charge in [0, 0.05) is 78.5 Å². The summed E-state index contributed by atoms with van der Waals surface area (Å²) in [4.78, 5) is 17.9. The molecule has 1 saturated heterocycles. The van der Waals surface area contributed by atoms with Crippen molar-refractivity contribution in [2.45, 2.75) is 13.3 Å². The van der Waals surface area contributed by atoms with Crippen LogP contribution in [0.1, 0.15) is 13.3 Å². The molecular formula is C17H31N7O. The van der Waals surface area contributed by atoms with Crippen molar-refractivity contribution in [3.8, 4) is 0 Å². The molecule has 1 fully saturated rings. The Hall–Kier alpha value is -1.93. The van der Waals surface area contributed by atoms with E-state index in [0.29, 0.717) is 0 Å². The van der Waals surface area contributed by atoms with E-state index >= 15 is 0 Å². The zero-order valence-electron chi connectivity index (χ0n) is 15.4. The van der Waals surface area contributed by atoms with E-state index in [2.05, 4.69) is 42.3 Å². The van der Waals surface area contributed by atoms with Gasteiger partial charge in [-0.15, -0.1) is 0 Å². The molecule has 2 N–H and O–H groups in total. The van der Waals surface area contributed by atoms with Crippen molar-refractivity contribution in [1.29, 1.82) is 0 Å². The largest absolute Gasteiger partial charge is 0.385 e. The molecule has 1 aromatic rings. The number of guanidine groups is 1. The van der Waals surface area contributed by atoms with Crippen molar-refractivity contribution in [3.05, 3.63) is 18.5 Å². The van der Waals surface area contributed by atoms with Gasteiger partial charge in [-0.2, -0.15) is 0 Å². The average Bonchev–Trinajstić information content (AvgIpc) is 2.66. The minimum Gasteiger partial charge on any atom is -0.385 e. The Labute approximate surface area is 150 Å². The highest BCUT2D eigenvalue weighted by Gasteiger charge is 2.18. The van der Waals surface area contributed by atoms with E-state index < -0.39 is 0 Å². The molecule has 25 heavy (non-hydrogen) atoms. The molecule has 0 radical (unpaired) electrons. The molecule has 0 atom stereocenters. The quantitative estimate of drug-likeness (QED) is 0.374. The predicted octanol–water partition coefficient (Wildman–Crippen LogP) is 0.190. The third-order valence-corrected chi connectivity index (χ3v) is 4.05. The maximum absolute atomic E-state index is 5.06. The molecule has 1 aliphatic rings. The monoisotopic (exact) mass is 349 g/mol. The number of hydrogen-bond donors (Lipinski definition) is 2. The summed E-state index contributed by atoms with van der Waals surface area (Å²) in [6, 6.07) is 1.85. The lowest BCUT2D eigenvalue weighted by atomic mass is 10.3. The molecule has 1 aliphatic heterocycles. The summed E-state index contributed by atoms with van der Waals surface area (Å²) < 4.78 is 5.06. The summed E-state index contributed by atoms with van der Waals surface area (Å²) in [6.07, 6.45) is 4.54. The maximum atomic E-state index is 5.06. The highest BCUT2D eigenvalue weighted by atomic mass is 16.5. The zero-order valence-corrected chi connectivity index (χ0v) is 15.4. The van der Waals surface area contributed by atoms with Crippen molar-refractivity contribution < 1.29 is 4.74 Å². The molecule has 0 amide bonds. The molecule has 0 saturated carbocycles. The highest BCUT2D eigenvalue weighted by Crippen LogP contribution is 2.08. The van der Waals surface area contributed by atoms with E-state index in [-0.39, 0.29) is 0 Å². The smallest absolute Gasteiger partial charge is 0.225 e. The number of ether oxygens (including phenoxy) is 1. The Morgan fingerprint density at radius 3 is 2.64 bits per heavy atom. The van der Waals surface area contributed by atoms with Crippen LogP contribution < -0.4 is 15.5 Å². The van der Waals surface area contributed by atoms with Crippen LogP contribution in [-0.2, 0) is 4.74 Å². The van der Waals surface area contributed by atoms with Crippen LogP contribution in [0.5, 0.6) is 0 Å². The summed E-state index contributed by atoms with van der Waals surface area (Å²) in [6.45, 7) is 10.4. The Morgan fingerprint density at radius 2 is 1.96 bits per heavy atom. The summed E-state index contributed by atoms with van der Waals surface area (Å²) in [7, 11) is 1.72. The van der Waals surface area contributed by atoms with Crippen LogP contribution in [0.4, 0.5) is 5.95 Å². The fraction of sp³-hybridized carbons (Fsp3) is 0.706. The number of piperazine rings is 1. The minimum atomic E-state index is 0.748. The Kier molecular flexibility index (Phi) is 9.00. The molecule has 8 heteroatoms. The Morgan fingerprint density at radius 1 is 1.20 bits per heavy atom. The van der Waals surface area contributed by atoms with Crippen molar-refractivity contribution >= 4 is 11.9 Å². The van der Waals surface area contributed by atoms with E-state index in [0.717, 1.165) is 77.3 Å². The number of methoxy groups -OCH3 is 1. The number of aromatic nitrogens is 2. The topological polar surface area (TPSA) is 77.9 Å². The van der Waals surface area contributed by atoms with Gasteiger partial charge in [-0.25, -0.2) is 9.97 Å². The zero-order chi connectivity index (χ0) is 17.7. The lowest BCUT2D eigenvalue weighted by Crippen LogP contribution is -2.49. The Balaban J connectivity index is 1.65. The lowest BCUT2D eigenvalue weighted by Gasteiger charge is -2.34. The van der Waals surface area contributed by atoms with Gasteiger partial charge >= 0.3 is 0 Å². The van der Waals surface area contributed by atoms with Gasteiger partial charge in [-0.1, -0.05) is 0 Å². The van der Waals surface area contributed by atoms with Gasteiger partial charge in [0.25, 0.3) is 0 Å². The van der Waals surface area contributed by atoms with E-state index in [1.807, 2.05) is 6.07 Å². The lowest BCUT2D eigenvalue weighted by molar-refractivity contribution is 0.197. The van der Waals surface area contributed by atoms with Crippen molar-refractivity contribution in [3.63, 3.8) is 0 Å². The maximum Gasteiger partial charge on any atom is 0.225 e. The summed E-state index contributed by atoms with van der Waals surface area (Å²) >= 11 is 0. The standard InChI is InChI=1S/C17H31N7O/c1-3-18-16(19-8-5-15-25-2)20-9-10-23-11-13-24(14-12-23)17-21-6-4-7-22-17/h4,6-7H,3,5,8-15H2,1-2H3,(H2,18,19,20). The number of nitrogens with zero attached hydrogens (tertiary/aromatic N) is 5. The molecule has 0 spiro atoms. The highest BCUT2D eigenvalue weighted by molar-refractivity contribution is 5.79. The number of nitrogens with one attached hydrogen (secondary N) is 2. The van der Waals surface area contributed by atoms with Crippen LogP contribution in [0.25, 0.3) is 0 Å². The molecule has 0 bridgehead atoms. The molecule has 2 rings (SSSR count). The minimum absolute atomic E-state index is 0.748. The second-order valence-electron chi connectivity index (χ2n) is 5.91. The third-order valence-electron chi connectivity index (χ3n) is 4.05. The van der Waals surface area contributed by atoms with Gasteiger partial charge in [0.1, 0.15) is 0 Å². The van der Waals surface area contributed by atoms with Gasteiger partial charge in [-0.3, -0.25) is 9.89 Å². The van der Waals surface area contributed by atoms with Crippen LogP contribution in [0, 0.1) is 0 Å². The first-order valence-electron chi connectivity index (χ1n) is 9.09. The van der Waals surface area contributed by atoms with Gasteiger partial charge < -0.3 is 20.3 Å². The average molecular weight is 349 g/mol. The van der Waals surface area contributed by atoms with Crippen molar-refractivity contribution in [2.24, 2.45) is 4.99 Å². The molecule has 1 aromatic heterocycles. The van der Waals surface area contributed by atoms with E-state index in [4.69, 9.17) is 4.74 Å². The van der Waals surface area contributed by atoms with Crippen molar-refractivity contribution in [1.82, 2.24) is 25.5 Å². The van der Waals surface area contributed by atoms with E-state index in [9.17, 15) is 0 Å². The second-order valence-corrected chi connectivity index (χ2v) is 5.91. The molecule has 0 aliphatic carbocycles. The van der Waals surface area contributed by atoms with E-state index in [1.165, 1.54) is 0 Å². The number of aliphatic imine (C=N–C) groups is 1. The molecule has 2 heterocycles. The second kappa shape index (κ2) is 11.6. The van der Waals surface area contributed by atoms with Crippen LogP contribution in [0.2, 0.25) is 0 Å². The van der Waals surface area contributed by atoms with Crippen LogP contribution in [-0.4, -0.2) is 86.9 Å². The number of hydrogen-bond acceptors (Lipinski definition) is 6.